The van der Waals surface area contributed by atoms with Crippen LogP contribution in [-0.4, -0.2) is 29.7 Å². The van der Waals surface area contributed by atoms with E-state index >= 15 is 0 Å². The van der Waals surface area contributed by atoms with Crippen molar-refractivity contribution in [2.24, 2.45) is 7.05 Å². The van der Waals surface area contributed by atoms with Gasteiger partial charge in [-0.2, -0.15) is 0 Å². The van der Waals surface area contributed by atoms with Crippen LogP contribution in [0.5, 0.6) is 0 Å². The molecule has 0 aliphatic carbocycles. The molecule has 0 unspecified atom stereocenters. The average molecular weight is 388 g/mol. The third-order valence-corrected chi connectivity index (χ3v) is 4.76. The first-order valence-corrected chi connectivity index (χ1v) is 10.1. The van der Waals surface area contributed by atoms with Gasteiger partial charge < -0.3 is 5.32 Å². The molecule has 0 bridgehead atoms. The number of nitrogens with one attached hydrogen (secondary N) is 2. The summed E-state index contributed by atoms with van der Waals surface area (Å²) in [5.74, 6) is -0.386. The SMILES string of the molecule is Cc1ccc(NC(=O)Cn2c(=O)n(C)c3ccccc32)cc1NS(C)(=O)=O. The van der Waals surface area contributed by atoms with E-state index in [-0.39, 0.29) is 18.1 Å². The number of imidazole rings is 1. The van der Waals surface area contributed by atoms with Gasteiger partial charge in [-0.1, -0.05) is 18.2 Å². The minimum atomic E-state index is -3.43. The number of rotatable bonds is 5. The summed E-state index contributed by atoms with van der Waals surface area (Å²) in [6.07, 6.45) is 1.06. The van der Waals surface area contributed by atoms with E-state index in [1.165, 1.54) is 9.13 Å². The summed E-state index contributed by atoms with van der Waals surface area (Å²) < 4.78 is 28.2. The smallest absolute Gasteiger partial charge is 0.324 e. The van der Waals surface area contributed by atoms with Crippen LogP contribution in [0.2, 0.25) is 0 Å². The number of carbonyl (C=O) groups is 1. The molecular formula is C18H20N4O4S. The molecule has 1 heterocycles. The minimum Gasteiger partial charge on any atom is -0.324 e. The molecule has 9 heteroatoms. The molecule has 0 fully saturated rings. The number of aromatic nitrogens is 2. The number of nitrogens with zero attached hydrogens (tertiary/aromatic N) is 2. The first-order valence-electron chi connectivity index (χ1n) is 8.18. The van der Waals surface area contributed by atoms with Crippen LogP contribution in [0.15, 0.2) is 47.3 Å². The molecule has 3 rings (SSSR count). The maximum Gasteiger partial charge on any atom is 0.329 e. The summed E-state index contributed by atoms with van der Waals surface area (Å²) in [7, 11) is -1.78. The van der Waals surface area contributed by atoms with Crippen molar-refractivity contribution >= 4 is 38.3 Å². The Morgan fingerprint density at radius 3 is 2.44 bits per heavy atom. The van der Waals surface area contributed by atoms with Gasteiger partial charge in [0.15, 0.2) is 0 Å². The maximum atomic E-state index is 12.4. The van der Waals surface area contributed by atoms with E-state index in [0.29, 0.717) is 16.9 Å². The van der Waals surface area contributed by atoms with E-state index in [2.05, 4.69) is 10.0 Å². The average Bonchev–Trinajstić information content (AvgIpc) is 2.82. The van der Waals surface area contributed by atoms with Crippen LogP contribution in [-0.2, 0) is 28.4 Å². The van der Waals surface area contributed by atoms with Crippen molar-refractivity contribution in [2.45, 2.75) is 13.5 Å². The van der Waals surface area contributed by atoms with Gasteiger partial charge >= 0.3 is 5.69 Å². The fraction of sp³-hybridized carbons (Fsp3) is 0.222. The number of para-hydroxylation sites is 2. The molecule has 8 nitrogen and oxygen atoms in total. The lowest BCUT2D eigenvalue weighted by molar-refractivity contribution is -0.116. The molecule has 27 heavy (non-hydrogen) atoms. The molecule has 0 aliphatic heterocycles. The summed E-state index contributed by atoms with van der Waals surface area (Å²) in [6.45, 7) is 1.61. The highest BCUT2D eigenvalue weighted by atomic mass is 32.2. The Balaban J connectivity index is 1.84. The van der Waals surface area contributed by atoms with Crippen molar-refractivity contribution in [3.8, 4) is 0 Å². The first kappa shape index (κ1) is 18.7. The Bertz CT molecular complexity index is 1190. The molecule has 142 valence electrons. The van der Waals surface area contributed by atoms with E-state index in [4.69, 9.17) is 0 Å². The number of hydrogen-bond acceptors (Lipinski definition) is 4. The predicted molar refractivity (Wildman–Crippen MR) is 105 cm³/mol. The fourth-order valence-electron chi connectivity index (χ4n) is 2.87. The van der Waals surface area contributed by atoms with Crippen LogP contribution in [0.1, 0.15) is 5.56 Å². The molecule has 0 aliphatic rings. The van der Waals surface area contributed by atoms with Crippen molar-refractivity contribution in [1.29, 1.82) is 0 Å². The molecule has 0 atom stereocenters. The first-order chi connectivity index (χ1) is 12.7. The van der Waals surface area contributed by atoms with Crippen molar-refractivity contribution in [1.82, 2.24) is 9.13 Å². The van der Waals surface area contributed by atoms with Gasteiger partial charge in [0.25, 0.3) is 0 Å². The molecule has 0 radical (unpaired) electrons. The minimum absolute atomic E-state index is 0.150. The molecule has 0 saturated carbocycles. The molecule has 2 aromatic carbocycles. The highest BCUT2D eigenvalue weighted by molar-refractivity contribution is 7.92. The second-order valence-electron chi connectivity index (χ2n) is 6.37. The van der Waals surface area contributed by atoms with Gasteiger partial charge in [-0.15, -0.1) is 0 Å². The Morgan fingerprint density at radius 1 is 1.11 bits per heavy atom. The van der Waals surface area contributed by atoms with E-state index in [9.17, 15) is 18.0 Å². The summed E-state index contributed by atoms with van der Waals surface area (Å²) in [4.78, 5) is 24.9. The van der Waals surface area contributed by atoms with Gasteiger partial charge in [-0.25, -0.2) is 13.2 Å². The van der Waals surface area contributed by atoms with Gasteiger partial charge in [0.1, 0.15) is 6.54 Å². The van der Waals surface area contributed by atoms with Crippen LogP contribution in [0.4, 0.5) is 11.4 Å². The molecular weight excluding hydrogens is 368 g/mol. The number of benzene rings is 2. The predicted octanol–water partition coefficient (Wildman–Crippen LogP) is 1.66. The van der Waals surface area contributed by atoms with Gasteiger partial charge in [-0.3, -0.25) is 18.7 Å². The number of aryl methyl sites for hydroxylation is 2. The van der Waals surface area contributed by atoms with Crippen LogP contribution < -0.4 is 15.7 Å². The molecule has 0 saturated heterocycles. The van der Waals surface area contributed by atoms with Crippen molar-refractivity contribution in [3.63, 3.8) is 0 Å². The van der Waals surface area contributed by atoms with Gasteiger partial charge in [0.2, 0.25) is 15.9 Å². The monoisotopic (exact) mass is 388 g/mol. The van der Waals surface area contributed by atoms with E-state index in [1.807, 2.05) is 12.1 Å². The second kappa shape index (κ2) is 6.92. The number of sulfonamides is 1. The lowest BCUT2D eigenvalue weighted by Crippen LogP contribution is -2.28. The highest BCUT2D eigenvalue weighted by Crippen LogP contribution is 2.21. The summed E-state index contributed by atoms with van der Waals surface area (Å²) >= 11 is 0. The quantitative estimate of drug-likeness (QED) is 0.694. The second-order valence-corrected chi connectivity index (χ2v) is 8.12. The summed E-state index contributed by atoms with van der Waals surface area (Å²) in [6, 6.07) is 12.1. The number of hydrogen-bond donors (Lipinski definition) is 2. The molecule has 1 aromatic heterocycles. The van der Waals surface area contributed by atoms with Crippen LogP contribution in [0, 0.1) is 6.92 Å². The number of amides is 1. The third-order valence-electron chi connectivity index (χ3n) is 4.17. The van der Waals surface area contributed by atoms with E-state index in [0.717, 1.165) is 17.3 Å². The van der Waals surface area contributed by atoms with E-state index in [1.54, 1.807) is 44.3 Å². The zero-order valence-corrected chi connectivity index (χ0v) is 16.0. The lowest BCUT2D eigenvalue weighted by Gasteiger charge is -2.11. The highest BCUT2D eigenvalue weighted by Gasteiger charge is 2.14. The summed E-state index contributed by atoms with van der Waals surface area (Å²) in [5.41, 5.74) is 2.68. The van der Waals surface area contributed by atoms with Crippen LogP contribution >= 0.6 is 0 Å². The van der Waals surface area contributed by atoms with E-state index < -0.39 is 10.0 Å². The number of carbonyl (C=O) groups excluding carboxylic acids is 1. The Morgan fingerprint density at radius 2 is 1.78 bits per heavy atom. The van der Waals surface area contributed by atoms with Crippen molar-refractivity contribution < 1.29 is 13.2 Å². The van der Waals surface area contributed by atoms with Gasteiger partial charge in [0, 0.05) is 12.7 Å². The molecule has 0 spiro atoms. The lowest BCUT2D eigenvalue weighted by atomic mass is 10.2. The number of anilines is 2. The maximum absolute atomic E-state index is 12.4. The topological polar surface area (TPSA) is 102 Å². The van der Waals surface area contributed by atoms with Crippen LogP contribution in [0.25, 0.3) is 11.0 Å². The Labute approximate surface area is 156 Å². The fourth-order valence-corrected chi connectivity index (χ4v) is 3.49. The van der Waals surface area contributed by atoms with Gasteiger partial charge in [0.05, 0.1) is 23.0 Å². The zero-order chi connectivity index (χ0) is 19.8. The molecule has 1 amide bonds. The van der Waals surface area contributed by atoms with Crippen molar-refractivity contribution in [3.05, 3.63) is 58.5 Å². The normalized spacial score (nSPS) is 11.5. The molecule has 3 aromatic rings. The molecule has 2 N–H and O–H groups in total. The summed E-state index contributed by atoms with van der Waals surface area (Å²) in [5, 5.41) is 2.70. The number of fused-ring (bicyclic) bond motifs is 1. The largest absolute Gasteiger partial charge is 0.329 e. The standard InChI is InChI=1S/C18H20N4O4S/c1-12-8-9-13(10-14(12)20-27(3,25)26)19-17(23)11-22-16-7-5-4-6-15(16)21(2)18(22)24/h4-10,20H,11H2,1-3H3,(H,19,23). The Hall–Kier alpha value is -3.07. The van der Waals surface area contributed by atoms with Crippen molar-refractivity contribution in [2.75, 3.05) is 16.3 Å². The van der Waals surface area contributed by atoms with Crippen LogP contribution in [0.3, 0.4) is 0 Å². The zero-order valence-electron chi connectivity index (χ0n) is 15.2. The van der Waals surface area contributed by atoms with Gasteiger partial charge in [-0.05, 0) is 36.8 Å². The third kappa shape index (κ3) is 4.03. The Kier molecular flexibility index (Phi) is 4.79.